The molecule has 0 saturated heterocycles. The van der Waals surface area contributed by atoms with E-state index in [4.69, 9.17) is 0 Å². The molecule has 1 heterocycles. The van der Waals surface area contributed by atoms with E-state index in [1.807, 2.05) is 24.3 Å². The smallest absolute Gasteiger partial charge is 0.269 e. The zero-order chi connectivity index (χ0) is 24.2. The first kappa shape index (κ1) is 24.0. The molecule has 0 aliphatic carbocycles. The summed E-state index contributed by atoms with van der Waals surface area (Å²) < 4.78 is 25.6. The van der Waals surface area contributed by atoms with Gasteiger partial charge in [0.15, 0.2) is 0 Å². The van der Waals surface area contributed by atoms with Gasteiger partial charge in [-0.3, -0.25) is 25.2 Å². The fourth-order valence-corrected chi connectivity index (χ4v) is 4.21. The Bertz CT molecular complexity index is 1300. The quantitative estimate of drug-likeness (QED) is 0.380. The third kappa shape index (κ3) is 5.57. The number of hydrazine groups is 1. The van der Waals surface area contributed by atoms with Crippen molar-refractivity contribution in [3.05, 3.63) is 65.9 Å². The maximum Gasteiger partial charge on any atom is 0.269 e. The molecule has 3 amide bonds. The Morgan fingerprint density at radius 3 is 2.45 bits per heavy atom. The summed E-state index contributed by atoms with van der Waals surface area (Å²) in [6.07, 6.45) is 1.96. The van der Waals surface area contributed by atoms with Gasteiger partial charge in [-0.1, -0.05) is 24.3 Å². The van der Waals surface area contributed by atoms with Crippen LogP contribution in [0.3, 0.4) is 0 Å². The molecule has 0 aliphatic heterocycles. The second kappa shape index (κ2) is 9.84. The lowest BCUT2D eigenvalue weighted by Crippen LogP contribution is -2.52. The highest BCUT2D eigenvalue weighted by Gasteiger charge is 2.23. The fourth-order valence-electron chi connectivity index (χ4n) is 3.26. The second-order valence-corrected chi connectivity index (χ2v) is 9.73. The Morgan fingerprint density at radius 2 is 1.76 bits per heavy atom. The lowest BCUT2D eigenvalue weighted by Gasteiger charge is -2.18. The molecule has 4 N–H and O–H groups in total. The Kier molecular flexibility index (Phi) is 7.14. The summed E-state index contributed by atoms with van der Waals surface area (Å²) in [7, 11) is -0.948. The normalized spacial score (nSPS) is 12.4. The molecule has 2 aromatic carbocycles. The standard InChI is InChI=1S/C22H25N5O5S/c1-14(28)24-20(12-16-13-23-19-10-5-4-9-18(16)19)22(30)26-25-21(29)15-7-6-8-17(11-15)33(31,32)27(2)3/h4-11,13,20,23H,12H2,1-3H3,(H,24,28)(H,25,29)(H,26,30)/t20-/m0/s1. The molecule has 0 aliphatic rings. The first-order valence-corrected chi connectivity index (χ1v) is 11.5. The van der Waals surface area contributed by atoms with Crippen LogP contribution in [0.1, 0.15) is 22.8 Å². The highest BCUT2D eigenvalue weighted by atomic mass is 32.2. The molecule has 3 rings (SSSR count). The summed E-state index contributed by atoms with van der Waals surface area (Å²) in [5, 5.41) is 3.51. The number of fused-ring (bicyclic) bond motifs is 1. The number of hydrogen-bond acceptors (Lipinski definition) is 5. The minimum atomic E-state index is -3.72. The van der Waals surface area contributed by atoms with Crippen LogP contribution < -0.4 is 16.2 Å². The number of para-hydroxylation sites is 1. The molecular formula is C22H25N5O5S. The number of nitrogens with one attached hydrogen (secondary N) is 4. The van der Waals surface area contributed by atoms with Crippen LogP contribution in [0.4, 0.5) is 0 Å². The van der Waals surface area contributed by atoms with E-state index in [1.165, 1.54) is 45.3 Å². The van der Waals surface area contributed by atoms with Crippen molar-refractivity contribution in [3.8, 4) is 0 Å². The van der Waals surface area contributed by atoms with E-state index >= 15 is 0 Å². The van der Waals surface area contributed by atoms with Gasteiger partial charge in [0.1, 0.15) is 6.04 Å². The van der Waals surface area contributed by atoms with Crippen molar-refractivity contribution in [1.29, 1.82) is 0 Å². The summed E-state index contributed by atoms with van der Waals surface area (Å²) in [4.78, 5) is 40.0. The molecule has 3 aromatic rings. The van der Waals surface area contributed by atoms with E-state index in [0.717, 1.165) is 20.8 Å². The average Bonchev–Trinajstić information content (AvgIpc) is 3.19. The first-order valence-electron chi connectivity index (χ1n) is 10.0. The SMILES string of the molecule is CC(=O)N[C@@H](Cc1c[nH]c2ccccc12)C(=O)NNC(=O)c1cccc(S(=O)(=O)N(C)C)c1. The van der Waals surface area contributed by atoms with E-state index < -0.39 is 33.8 Å². The predicted molar refractivity (Wildman–Crippen MR) is 123 cm³/mol. The Labute approximate surface area is 191 Å². The highest BCUT2D eigenvalue weighted by molar-refractivity contribution is 7.89. The van der Waals surface area contributed by atoms with Gasteiger partial charge in [0, 0.05) is 50.1 Å². The van der Waals surface area contributed by atoms with Gasteiger partial charge in [-0.15, -0.1) is 0 Å². The van der Waals surface area contributed by atoms with E-state index in [9.17, 15) is 22.8 Å². The van der Waals surface area contributed by atoms with E-state index in [-0.39, 0.29) is 16.9 Å². The molecule has 0 spiro atoms. The molecule has 1 atom stereocenters. The van der Waals surface area contributed by atoms with Crippen molar-refractivity contribution in [2.45, 2.75) is 24.3 Å². The molecule has 11 heteroatoms. The largest absolute Gasteiger partial charge is 0.361 e. The second-order valence-electron chi connectivity index (χ2n) is 7.58. The lowest BCUT2D eigenvalue weighted by atomic mass is 10.0. The fraction of sp³-hybridized carbons (Fsp3) is 0.227. The summed E-state index contributed by atoms with van der Waals surface area (Å²) in [5.41, 5.74) is 6.35. The van der Waals surface area contributed by atoms with E-state index in [2.05, 4.69) is 21.2 Å². The van der Waals surface area contributed by atoms with Crippen LogP contribution in [0.25, 0.3) is 10.9 Å². The molecule has 0 unspecified atom stereocenters. The number of carbonyl (C=O) groups is 3. The number of hydrogen-bond donors (Lipinski definition) is 4. The van der Waals surface area contributed by atoms with Gasteiger partial charge in [0.05, 0.1) is 4.90 Å². The highest BCUT2D eigenvalue weighted by Crippen LogP contribution is 2.19. The summed E-state index contributed by atoms with van der Waals surface area (Å²) in [6.45, 7) is 1.30. The summed E-state index contributed by atoms with van der Waals surface area (Å²) in [5.74, 6) is -1.73. The molecule has 0 radical (unpaired) electrons. The predicted octanol–water partition coefficient (Wildman–Crippen LogP) is 0.927. The number of aromatic amines is 1. The van der Waals surface area contributed by atoms with Crippen LogP contribution in [0.5, 0.6) is 0 Å². The van der Waals surface area contributed by atoms with Crippen molar-refractivity contribution in [2.24, 2.45) is 0 Å². The number of sulfonamides is 1. The number of benzene rings is 2. The van der Waals surface area contributed by atoms with Crippen LogP contribution in [0.15, 0.2) is 59.6 Å². The van der Waals surface area contributed by atoms with Crippen LogP contribution in [-0.2, 0) is 26.0 Å². The Hall–Kier alpha value is -3.70. The maximum absolute atomic E-state index is 12.7. The Morgan fingerprint density at radius 1 is 1.03 bits per heavy atom. The summed E-state index contributed by atoms with van der Waals surface area (Å²) >= 11 is 0. The number of aromatic nitrogens is 1. The molecule has 33 heavy (non-hydrogen) atoms. The van der Waals surface area contributed by atoms with Crippen LogP contribution >= 0.6 is 0 Å². The monoisotopic (exact) mass is 471 g/mol. The number of amides is 3. The van der Waals surface area contributed by atoms with E-state index in [1.54, 1.807) is 6.20 Å². The molecule has 1 aromatic heterocycles. The van der Waals surface area contributed by atoms with Crippen LogP contribution in [-0.4, -0.2) is 55.6 Å². The molecular weight excluding hydrogens is 446 g/mol. The third-order valence-corrected chi connectivity index (χ3v) is 6.78. The number of nitrogens with zero attached hydrogens (tertiary/aromatic N) is 1. The lowest BCUT2D eigenvalue weighted by molar-refractivity contribution is -0.128. The zero-order valence-corrected chi connectivity index (χ0v) is 19.2. The van der Waals surface area contributed by atoms with E-state index in [0.29, 0.717) is 0 Å². The number of rotatable bonds is 7. The van der Waals surface area contributed by atoms with Gasteiger partial charge in [-0.25, -0.2) is 12.7 Å². The van der Waals surface area contributed by atoms with Crippen LogP contribution in [0, 0.1) is 0 Å². The topological polar surface area (TPSA) is 140 Å². The van der Waals surface area contributed by atoms with Gasteiger partial charge in [0.2, 0.25) is 15.9 Å². The molecule has 0 bridgehead atoms. The number of carbonyl (C=O) groups excluding carboxylic acids is 3. The number of H-pyrrole nitrogens is 1. The molecule has 174 valence electrons. The van der Waals surface area contributed by atoms with Crippen molar-refractivity contribution in [3.63, 3.8) is 0 Å². The van der Waals surface area contributed by atoms with Crippen molar-refractivity contribution in [1.82, 2.24) is 25.5 Å². The molecule has 10 nitrogen and oxygen atoms in total. The van der Waals surface area contributed by atoms with Gasteiger partial charge < -0.3 is 10.3 Å². The van der Waals surface area contributed by atoms with Gasteiger partial charge in [0.25, 0.3) is 11.8 Å². The van der Waals surface area contributed by atoms with Gasteiger partial charge >= 0.3 is 0 Å². The molecule has 0 fully saturated rings. The maximum atomic E-state index is 12.7. The van der Waals surface area contributed by atoms with Crippen molar-refractivity contribution >= 4 is 38.6 Å². The average molecular weight is 472 g/mol. The van der Waals surface area contributed by atoms with Crippen molar-refractivity contribution < 1.29 is 22.8 Å². The third-order valence-electron chi connectivity index (χ3n) is 4.97. The summed E-state index contributed by atoms with van der Waals surface area (Å²) in [6, 6.07) is 12.1. The Balaban J connectivity index is 1.71. The van der Waals surface area contributed by atoms with Crippen molar-refractivity contribution in [2.75, 3.05) is 14.1 Å². The molecule has 0 saturated carbocycles. The van der Waals surface area contributed by atoms with Gasteiger partial charge in [-0.05, 0) is 29.8 Å². The van der Waals surface area contributed by atoms with Crippen LogP contribution in [0.2, 0.25) is 0 Å². The zero-order valence-electron chi connectivity index (χ0n) is 18.4. The van der Waals surface area contributed by atoms with Gasteiger partial charge in [-0.2, -0.15) is 0 Å². The minimum Gasteiger partial charge on any atom is -0.361 e. The minimum absolute atomic E-state index is 0.0472. The first-order chi connectivity index (χ1) is 15.6.